The first kappa shape index (κ1) is 14.4. The van der Waals surface area contributed by atoms with E-state index >= 15 is 0 Å². The Balaban J connectivity index is 2.43. The predicted octanol–water partition coefficient (Wildman–Crippen LogP) is 3.28. The lowest BCUT2D eigenvalue weighted by Gasteiger charge is -2.10. The third-order valence-corrected chi connectivity index (χ3v) is 3.54. The standard InChI is InChI=1S/C15H14BrNO3/c1-19-13-6-3-9(7-14(13)20-2)15(18)11-5-4-10(17)8-12(11)16/h3-8H,17H2,1-2H3. The molecule has 2 aromatic carbocycles. The molecule has 0 saturated carbocycles. The van der Waals surface area contributed by atoms with Crippen molar-refractivity contribution in [1.82, 2.24) is 0 Å². The second kappa shape index (κ2) is 5.96. The number of anilines is 1. The number of hydrogen-bond donors (Lipinski definition) is 1. The number of carbonyl (C=O) groups is 1. The third-order valence-electron chi connectivity index (χ3n) is 2.88. The number of benzene rings is 2. The van der Waals surface area contributed by atoms with Crippen molar-refractivity contribution in [3.63, 3.8) is 0 Å². The number of nitrogens with two attached hydrogens (primary N) is 1. The fourth-order valence-corrected chi connectivity index (χ4v) is 2.43. The van der Waals surface area contributed by atoms with Crippen molar-refractivity contribution >= 4 is 27.4 Å². The Morgan fingerprint density at radius 3 is 2.35 bits per heavy atom. The van der Waals surface area contributed by atoms with Gasteiger partial charge in [-0.15, -0.1) is 0 Å². The van der Waals surface area contributed by atoms with Crippen molar-refractivity contribution < 1.29 is 14.3 Å². The summed E-state index contributed by atoms with van der Waals surface area (Å²) in [5.74, 6) is 0.989. The van der Waals surface area contributed by atoms with E-state index in [4.69, 9.17) is 15.2 Å². The Morgan fingerprint density at radius 1 is 1.05 bits per heavy atom. The van der Waals surface area contributed by atoms with Crippen LogP contribution >= 0.6 is 15.9 Å². The normalized spacial score (nSPS) is 10.2. The van der Waals surface area contributed by atoms with Gasteiger partial charge in [0.15, 0.2) is 17.3 Å². The zero-order chi connectivity index (χ0) is 14.7. The van der Waals surface area contributed by atoms with Crippen LogP contribution in [0.1, 0.15) is 15.9 Å². The molecular formula is C15H14BrNO3. The molecule has 0 aliphatic carbocycles. The van der Waals surface area contributed by atoms with Gasteiger partial charge in [-0.1, -0.05) is 0 Å². The van der Waals surface area contributed by atoms with E-state index < -0.39 is 0 Å². The van der Waals surface area contributed by atoms with Gasteiger partial charge in [-0.3, -0.25) is 4.79 Å². The SMILES string of the molecule is COc1ccc(C(=O)c2ccc(N)cc2Br)cc1OC. The fourth-order valence-electron chi connectivity index (χ4n) is 1.85. The van der Waals surface area contributed by atoms with E-state index in [0.29, 0.717) is 32.8 Å². The van der Waals surface area contributed by atoms with Crippen molar-refractivity contribution in [2.45, 2.75) is 0 Å². The summed E-state index contributed by atoms with van der Waals surface area (Å²) in [6.07, 6.45) is 0. The number of rotatable bonds is 4. The molecule has 0 radical (unpaired) electrons. The third kappa shape index (κ3) is 2.77. The topological polar surface area (TPSA) is 61.5 Å². The Bertz CT molecular complexity index is 656. The summed E-state index contributed by atoms with van der Waals surface area (Å²) in [6.45, 7) is 0. The van der Waals surface area contributed by atoms with Gasteiger partial charge in [0.25, 0.3) is 0 Å². The molecule has 0 saturated heterocycles. The molecule has 2 rings (SSSR count). The Labute approximate surface area is 125 Å². The summed E-state index contributed by atoms with van der Waals surface area (Å²) >= 11 is 3.35. The van der Waals surface area contributed by atoms with E-state index in [1.54, 1.807) is 43.5 Å². The molecule has 104 valence electrons. The van der Waals surface area contributed by atoms with Crippen LogP contribution in [0.15, 0.2) is 40.9 Å². The maximum Gasteiger partial charge on any atom is 0.194 e. The van der Waals surface area contributed by atoms with Gasteiger partial charge in [0, 0.05) is 21.3 Å². The van der Waals surface area contributed by atoms with Gasteiger partial charge >= 0.3 is 0 Å². The maximum atomic E-state index is 12.5. The average Bonchev–Trinajstić information content (AvgIpc) is 2.45. The molecule has 2 aromatic rings. The number of methoxy groups -OCH3 is 2. The lowest BCUT2D eigenvalue weighted by Crippen LogP contribution is -2.04. The van der Waals surface area contributed by atoms with Crippen LogP contribution in [-0.4, -0.2) is 20.0 Å². The Kier molecular flexibility index (Phi) is 4.29. The zero-order valence-corrected chi connectivity index (χ0v) is 12.7. The molecule has 0 atom stereocenters. The number of halogens is 1. The van der Waals surface area contributed by atoms with Crippen LogP contribution in [0.4, 0.5) is 5.69 Å². The summed E-state index contributed by atoms with van der Waals surface area (Å²) in [6, 6.07) is 10.2. The highest BCUT2D eigenvalue weighted by Crippen LogP contribution is 2.30. The van der Waals surface area contributed by atoms with Crippen molar-refractivity contribution in [2.24, 2.45) is 0 Å². The van der Waals surface area contributed by atoms with Crippen LogP contribution in [0.3, 0.4) is 0 Å². The van der Waals surface area contributed by atoms with E-state index in [1.807, 2.05) is 0 Å². The lowest BCUT2D eigenvalue weighted by molar-refractivity contribution is 0.103. The number of hydrogen-bond acceptors (Lipinski definition) is 4. The second-order valence-corrected chi connectivity index (χ2v) is 4.99. The minimum atomic E-state index is -0.113. The van der Waals surface area contributed by atoms with Gasteiger partial charge in [-0.2, -0.15) is 0 Å². The average molecular weight is 336 g/mol. The first-order valence-electron chi connectivity index (χ1n) is 5.88. The molecule has 0 aliphatic rings. The Hall–Kier alpha value is -2.01. The summed E-state index contributed by atoms with van der Waals surface area (Å²) < 4.78 is 11.0. The van der Waals surface area contributed by atoms with Crippen LogP contribution in [-0.2, 0) is 0 Å². The minimum absolute atomic E-state index is 0.113. The molecule has 0 aromatic heterocycles. The van der Waals surface area contributed by atoms with Crippen molar-refractivity contribution in [3.8, 4) is 11.5 Å². The molecular weight excluding hydrogens is 322 g/mol. The summed E-state index contributed by atoms with van der Waals surface area (Å²) in [5.41, 5.74) is 7.34. The van der Waals surface area contributed by atoms with Gasteiger partial charge in [-0.05, 0) is 52.3 Å². The zero-order valence-electron chi connectivity index (χ0n) is 11.1. The molecule has 0 bridgehead atoms. The van der Waals surface area contributed by atoms with Crippen LogP contribution in [0, 0.1) is 0 Å². The largest absolute Gasteiger partial charge is 0.493 e. The first-order chi connectivity index (χ1) is 9.56. The number of ether oxygens (including phenoxy) is 2. The first-order valence-corrected chi connectivity index (χ1v) is 6.68. The molecule has 0 fully saturated rings. The number of ketones is 1. The minimum Gasteiger partial charge on any atom is -0.493 e. The maximum absolute atomic E-state index is 12.5. The van der Waals surface area contributed by atoms with E-state index in [1.165, 1.54) is 7.11 Å². The summed E-state index contributed by atoms with van der Waals surface area (Å²) in [5, 5.41) is 0. The highest BCUT2D eigenvalue weighted by molar-refractivity contribution is 9.10. The molecule has 0 unspecified atom stereocenters. The number of nitrogen functional groups attached to an aromatic ring is 1. The second-order valence-electron chi connectivity index (χ2n) is 4.14. The number of carbonyl (C=O) groups excluding carboxylic acids is 1. The van der Waals surface area contributed by atoms with Crippen LogP contribution in [0.5, 0.6) is 11.5 Å². The van der Waals surface area contributed by atoms with E-state index in [0.717, 1.165) is 0 Å². The molecule has 0 spiro atoms. The van der Waals surface area contributed by atoms with Gasteiger partial charge in [0.2, 0.25) is 0 Å². The summed E-state index contributed by atoms with van der Waals surface area (Å²) in [7, 11) is 3.08. The molecule has 20 heavy (non-hydrogen) atoms. The molecule has 5 heteroatoms. The van der Waals surface area contributed by atoms with Gasteiger partial charge in [0.1, 0.15) is 0 Å². The van der Waals surface area contributed by atoms with E-state index in [9.17, 15) is 4.79 Å². The predicted molar refractivity (Wildman–Crippen MR) is 81.5 cm³/mol. The quantitative estimate of drug-likeness (QED) is 0.688. The molecule has 0 aliphatic heterocycles. The molecule has 2 N–H and O–H groups in total. The molecule has 0 heterocycles. The van der Waals surface area contributed by atoms with Gasteiger partial charge < -0.3 is 15.2 Å². The van der Waals surface area contributed by atoms with Gasteiger partial charge in [0.05, 0.1) is 14.2 Å². The molecule has 0 amide bonds. The Morgan fingerprint density at radius 2 is 1.75 bits per heavy atom. The van der Waals surface area contributed by atoms with Crippen LogP contribution < -0.4 is 15.2 Å². The lowest BCUT2D eigenvalue weighted by atomic mass is 10.0. The van der Waals surface area contributed by atoms with E-state index in [-0.39, 0.29) is 5.78 Å². The smallest absolute Gasteiger partial charge is 0.194 e. The van der Waals surface area contributed by atoms with Gasteiger partial charge in [-0.25, -0.2) is 0 Å². The van der Waals surface area contributed by atoms with Crippen molar-refractivity contribution in [2.75, 3.05) is 20.0 Å². The van der Waals surface area contributed by atoms with E-state index in [2.05, 4.69) is 15.9 Å². The van der Waals surface area contributed by atoms with Crippen LogP contribution in [0.2, 0.25) is 0 Å². The fraction of sp³-hybridized carbons (Fsp3) is 0.133. The van der Waals surface area contributed by atoms with Crippen LogP contribution in [0.25, 0.3) is 0 Å². The highest BCUT2D eigenvalue weighted by Gasteiger charge is 2.15. The molecule has 4 nitrogen and oxygen atoms in total. The monoisotopic (exact) mass is 335 g/mol. The van der Waals surface area contributed by atoms with Crippen molar-refractivity contribution in [1.29, 1.82) is 0 Å². The highest BCUT2D eigenvalue weighted by atomic mass is 79.9. The van der Waals surface area contributed by atoms with Crippen molar-refractivity contribution in [3.05, 3.63) is 52.0 Å². The summed E-state index contributed by atoms with van der Waals surface area (Å²) in [4.78, 5) is 12.5.